The zero-order valence-corrected chi connectivity index (χ0v) is 43.2. The van der Waals surface area contributed by atoms with Crippen molar-refractivity contribution in [3.63, 3.8) is 0 Å². The van der Waals surface area contributed by atoms with Crippen molar-refractivity contribution in [1.82, 2.24) is 0 Å². The summed E-state index contributed by atoms with van der Waals surface area (Å²) in [6.45, 7) is 26.9. The van der Waals surface area contributed by atoms with E-state index in [0.717, 1.165) is 77.2 Å². The first kappa shape index (κ1) is 46.0. The van der Waals surface area contributed by atoms with E-state index in [-0.39, 0.29) is 32.8 Å². The van der Waals surface area contributed by atoms with Gasteiger partial charge >= 0.3 is 0 Å². The molecule has 4 nitrogen and oxygen atoms in total. The second-order valence-corrected chi connectivity index (χ2v) is 23.8. The van der Waals surface area contributed by atoms with Crippen LogP contribution in [0.5, 0.6) is 0 Å². The van der Waals surface area contributed by atoms with E-state index in [4.69, 9.17) is 8.83 Å². The van der Waals surface area contributed by atoms with Crippen LogP contribution in [0.15, 0.2) is 173 Å². The Bertz CT molecular complexity index is 3460. The van der Waals surface area contributed by atoms with Crippen molar-refractivity contribution in [1.29, 1.82) is 0 Å². The topological polar surface area (TPSA) is 32.8 Å². The third-order valence-corrected chi connectivity index (χ3v) is 14.5. The van der Waals surface area contributed by atoms with Crippen molar-refractivity contribution in [2.24, 2.45) is 0 Å². The van der Waals surface area contributed by atoms with Gasteiger partial charge in [0.1, 0.15) is 11.2 Å². The lowest BCUT2D eigenvalue weighted by Gasteiger charge is -2.28. The maximum absolute atomic E-state index is 16.9. The molecule has 11 aromatic rings. The third kappa shape index (κ3) is 8.29. The number of hydrogen-bond donors (Lipinski definition) is 0. The number of nitrogens with zero attached hydrogens (tertiary/aromatic N) is 2. The fourth-order valence-electron chi connectivity index (χ4n) is 10.2. The van der Waals surface area contributed by atoms with Gasteiger partial charge < -0.3 is 18.6 Å². The minimum Gasteiger partial charge on any atom is -0.453 e. The van der Waals surface area contributed by atoms with Gasteiger partial charge in [-0.15, -0.1) is 0 Å². The van der Waals surface area contributed by atoms with Crippen molar-refractivity contribution in [3.05, 3.63) is 192 Å². The van der Waals surface area contributed by atoms with E-state index in [1.807, 2.05) is 18.2 Å². The summed E-state index contributed by atoms with van der Waals surface area (Å²) in [6.07, 6.45) is 0. The summed E-state index contributed by atoms with van der Waals surface area (Å²) in [4.78, 5) is 4.61. The number of hydrogen-bond acceptors (Lipinski definition) is 4. The van der Waals surface area contributed by atoms with Crippen LogP contribution in [0.3, 0.4) is 0 Å². The van der Waals surface area contributed by atoms with Crippen molar-refractivity contribution < 1.29 is 13.2 Å². The largest absolute Gasteiger partial charge is 0.453 e. The predicted octanol–water partition coefficient (Wildman–Crippen LogP) is 20.1. The van der Waals surface area contributed by atoms with Crippen LogP contribution in [-0.4, -0.2) is 0 Å². The van der Waals surface area contributed by atoms with Gasteiger partial charge in [0, 0.05) is 55.7 Å². The average molecular weight is 935 g/mol. The van der Waals surface area contributed by atoms with E-state index in [9.17, 15) is 0 Å². The monoisotopic (exact) mass is 934 g/mol. The lowest BCUT2D eigenvalue weighted by Crippen LogP contribution is -2.14. The van der Waals surface area contributed by atoms with Crippen LogP contribution in [-0.2, 0) is 21.7 Å². The van der Waals surface area contributed by atoms with E-state index in [0.29, 0.717) is 11.2 Å². The molecule has 11 rings (SSSR count). The van der Waals surface area contributed by atoms with Gasteiger partial charge in [0.05, 0.1) is 0 Å². The highest BCUT2D eigenvalue weighted by atomic mass is 19.1. The highest BCUT2D eigenvalue weighted by Gasteiger charge is 2.24. The summed E-state index contributed by atoms with van der Waals surface area (Å²) < 4.78 is 29.9. The zero-order valence-electron chi connectivity index (χ0n) is 43.2. The molecule has 0 aliphatic carbocycles. The fourth-order valence-corrected chi connectivity index (χ4v) is 10.2. The van der Waals surface area contributed by atoms with Crippen molar-refractivity contribution in [3.8, 4) is 0 Å². The first-order valence-corrected chi connectivity index (χ1v) is 25.0. The standard InChI is InChI=1S/C66H63FN2O2/c1-63(2,3)44-15-25-48(26-16-44)68(49-27-17-45(18-28-49)64(4,5)6)52-23-13-40-35-54-56-39-57-55-36-41-14-24-53(34-43(41)38-59(55)71-62(57)60(67)61(56)70-58(54)37-42(40)33-52)69(50-29-19-46(20-30-50)65(7,8)9)51-31-21-47(22-32-51)66(10,11)12/h13-39H,1-12H3. The molecule has 0 saturated heterocycles. The number of benzene rings is 9. The molecule has 356 valence electrons. The van der Waals surface area contributed by atoms with Crippen LogP contribution < -0.4 is 9.80 Å². The predicted molar refractivity (Wildman–Crippen MR) is 300 cm³/mol. The number of fused-ring (bicyclic) bond motifs is 8. The zero-order chi connectivity index (χ0) is 49.9. The Morgan fingerprint density at radius 3 is 0.859 bits per heavy atom. The quantitative estimate of drug-likeness (QED) is 0.166. The fraction of sp³-hybridized carbons (Fsp3) is 0.242. The molecule has 2 heterocycles. The summed E-state index contributed by atoms with van der Waals surface area (Å²) in [5.74, 6) is -0.494. The minimum absolute atomic E-state index is 0.0383. The van der Waals surface area contributed by atoms with Crippen LogP contribution in [0.4, 0.5) is 38.5 Å². The Kier molecular flexibility index (Phi) is 10.6. The van der Waals surface area contributed by atoms with Gasteiger partial charge in [-0.05, 0) is 169 Å². The molecule has 0 atom stereocenters. The van der Waals surface area contributed by atoms with E-state index in [1.165, 1.54) is 22.3 Å². The van der Waals surface area contributed by atoms with E-state index in [2.05, 4.69) is 238 Å². The van der Waals surface area contributed by atoms with Crippen LogP contribution in [0, 0.1) is 5.82 Å². The molecule has 5 heteroatoms. The van der Waals surface area contributed by atoms with Gasteiger partial charge in [-0.2, -0.15) is 4.39 Å². The van der Waals surface area contributed by atoms with Gasteiger partial charge in [-0.1, -0.05) is 144 Å². The molecule has 2 aromatic heterocycles. The molecular weight excluding hydrogens is 872 g/mol. The highest BCUT2D eigenvalue weighted by molar-refractivity contribution is 6.19. The van der Waals surface area contributed by atoms with E-state index in [1.54, 1.807) is 0 Å². The van der Waals surface area contributed by atoms with Gasteiger partial charge in [0.25, 0.3) is 0 Å². The maximum atomic E-state index is 16.9. The first-order chi connectivity index (χ1) is 33.6. The molecule has 0 aliphatic heterocycles. The van der Waals surface area contributed by atoms with Gasteiger partial charge in [-0.3, -0.25) is 0 Å². The van der Waals surface area contributed by atoms with Gasteiger partial charge in [0.2, 0.25) is 5.82 Å². The van der Waals surface area contributed by atoms with Crippen molar-refractivity contribution in [2.75, 3.05) is 9.80 Å². The molecule has 0 fully saturated rings. The summed E-state index contributed by atoms with van der Waals surface area (Å²) in [5, 5.41) is 7.24. The molecule has 0 radical (unpaired) electrons. The van der Waals surface area contributed by atoms with Crippen LogP contribution in [0.25, 0.3) is 65.4 Å². The molecule has 0 spiro atoms. The SMILES string of the molecule is CC(C)(C)c1ccc(N(c2ccc(C(C)(C)C)cc2)c2ccc3cc4c(cc3c2)oc2c(F)c3oc5cc6cc(N(c7ccc(C(C)(C)C)cc7)c7ccc(C(C)(C)C)cc7)ccc6cc5c3cc24)cc1. The Morgan fingerprint density at radius 2 is 0.577 bits per heavy atom. The van der Waals surface area contributed by atoms with E-state index >= 15 is 4.39 Å². The molecule has 0 N–H and O–H groups in total. The summed E-state index contributed by atoms with van der Waals surface area (Å²) in [6, 6.07) is 59.0. The Morgan fingerprint density at radius 1 is 0.296 bits per heavy atom. The maximum Gasteiger partial charge on any atom is 0.209 e. The average Bonchev–Trinajstić information content (AvgIpc) is 3.87. The van der Waals surface area contributed by atoms with Gasteiger partial charge in [-0.25, -0.2) is 0 Å². The van der Waals surface area contributed by atoms with Crippen molar-refractivity contribution >= 4 is 99.5 Å². The number of furan rings is 2. The summed E-state index contributed by atoms with van der Waals surface area (Å²) in [5.41, 5.74) is 13.2. The third-order valence-electron chi connectivity index (χ3n) is 14.5. The molecular formula is C66H63FN2O2. The molecule has 0 bridgehead atoms. The minimum atomic E-state index is -0.494. The molecule has 0 aliphatic rings. The smallest absolute Gasteiger partial charge is 0.209 e. The Hall–Kier alpha value is -7.37. The molecule has 9 aromatic carbocycles. The summed E-state index contributed by atoms with van der Waals surface area (Å²) in [7, 11) is 0. The number of halogens is 1. The Balaban J connectivity index is 0.988. The molecule has 0 unspecified atom stereocenters. The molecule has 71 heavy (non-hydrogen) atoms. The van der Waals surface area contributed by atoms with Crippen LogP contribution in [0.2, 0.25) is 0 Å². The second-order valence-electron chi connectivity index (χ2n) is 23.8. The van der Waals surface area contributed by atoms with Gasteiger partial charge in [0.15, 0.2) is 11.2 Å². The lowest BCUT2D eigenvalue weighted by atomic mass is 9.86. The normalized spacial score (nSPS) is 12.9. The van der Waals surface area contributed by atoms with E-state index < -0.39 is 5.82 Å². The molecule has 0 saturated carbocycles. The Labute approximate surface area is 417 Å². The van der Waals surface area contributed by atoms with Crippen LogP contribution >= 0.6 is 0 Å². The summed E-state index contributed by atoms with van der Waals surface area (Å²) >= 11 is 0. The lowest BCUT2D eigenvalue weighted by molar-refractivity contribution is 0.561. The van der Waals surface area contributed by atoms with Crippen molar-refractivity contribution in [2.45, 2.75) is 105 Å². The first-order valence-electron chi connectivity index (χ1n) is 25.0. The second kappa shape index (κ2) is 16.3. The highest BCUT2D eigenvalue weighted by Crippen LogP contribution is 2.45. The molecule has 0 amide bonds. The number of rotatable bonds is 6. The number of anilines is 6. The van der Waals surface area contributed by atoms with Crippen LogP contribution in [0.1, 0.15) is 105 Å².